The minimum atomic E-state index is -4.08. The standard InChI is InChI=1S/C18H14ClFN2O3S/c19-14-6-9-17(16(20)11-14)26(24,25)21-15-7-4-13(5-8-15)12-22-10-2-1-3-18(22)23/h1-11,21H,12H2. The molecule has 0 saturated carbocycles. The van der Waals surface area contributed by atoms with Gasteiger partial charge in [-0.1, -0.05) is 29.8 Å². The first-order valence-corrected chi connectivity index (χ1v) is 9.43. The normalized spacial score (nSPS) is 11.3. The van der Waals surface area contributed by atoms with Gasteiger partial charge in [0.05, 0.1) is 6.54 Å². The molecule has 2 aromatic carbocycles. The fourth-order valence-electron chi connectivity index (χ4n) is 2.37. The summed E-state index contributed by atoms with van der Waals surface area (Å²) in [6.07, 6.45) is 1.67. The highest BCUT2D eigenvalue weighted by Crippen LogP contribution is 2.22. The molecule has 8 heteroatoms. The summed E-state index contributed by atoms with van der Waals surface area (Å²) in [5.41, 5.74) is 0.970. The van der Waals surface area contributed by atoms with E-state index in [1.807, 2.05) is 0 Å². The average Bonchev–Trinajstić information content (AvgIpc) is 2.58. The van der Waals surface area contributed by atoms with Gasteiger partial charge in [0, 0.05) is 23.0 Å². The number of benzene rings is 2. The minimum absolute atomic E-state index is 0.113. The van der Waals surface area contributed by atoms with Crippen molar-refractivity contribution < 1.29 is 12.8 Å². The van der Waals surface area contributed by atoms with Crippen LogP contribution in [0.25, 0.3) is 0 Å². The lowest BCUT2D eigenvalue weighted by Gasteiger charge is -2.10. The molecule has 0 bridgehead atoms. The molecule has 0 atom stereocenters. The zero-order valence-corrected chi connectivity index (χ0v) is 15.0. The first kappa shape index (κ1) is 18.2. The van der Waals surface area contributed by atoms with Crippen molar-refractivity contribution in [2.45, 2.75) is 11.4 Å². The van der Waals surface area contributed by atoms with Crippen molar-refractivity contribution in [2.24, 2.45) is 0 Å². The Morgan fingerprint density at radius 3 is 2.42 bits per heavy atom. The average molecular weight is 393 g/mol. The SMILES string of the molecule is O=c1ccccn1Cc1ccc(NS(=O)(=O)c2ccc(Cl)cc2F)cc1. The number of aromatic nitrogens is 1. The topological polar surface area (TPSA) is 68.2 Å². The maximum absolute atomic E-state index is 13.9. The van der Waals surface area contributed by atoms with Crippen LogP contribution in [-0.4, -0.2) is 13.0 Å². The lowest BCUT2D eigenvalue weighted by atomic mass is 10.2. The van der Waals surface area contributed by atoms with Crippen LogP contribution < -0.4 is 10.3 Å². The summed E-state index contributed by atoms with van der Waals surface area (Å²) < 4.78 is 42.3. The van der Waals surface area contributed by atoms with Crippen LogP contribution in [0, 0.1) is 5.82 Å². The minimum Gasteiger partial charge on any atom is -0.311 e. The van der Waals surface area contributed by atoms with Crippen LogP contribution in [0.4, 0.5) is 10.1 Å². The van der Waals surface area contributed by atoms with E-state index in [2.05, 4.69) is 4.72 Å². The first-order chi connectivity index (χ1) is 12.3. The van der Waals surface area contributed by atoms with Gasteiger partial charge in [-0.3, -0.25) is 9.52 Å². The van der Waals surface area contributed by atoms with E-state index in [9.17, 15) is 17.6 Å². The Balaban J connectivity index is 1.78. The molecule has 0 aliphatic carbocycles. The molecular formula is C18H14ClFN2O3S. The number of anilines is 1. The lowest BCUT2D eigenvalue weighted by molar-refractivity contribution is 0.570. The van der Waals surface area contributed by atoms with Gasteiger partial charge in [-0.15, -0.1) is 0 Å². The number of rotatable bonds is 5. The van der Waals surface area contributed by atoms with Crippen molar-refractivity contribution >= 4 is 27.3 Å². The van der Waals surface area contributed by atoms with Crippen LogP contribution in [0.15, 0.2) is 76.6 Å². The number of nitrogens with zero attached hydrogens (tertiary/aromatic N) is 1. The van der Waals surface area contributed by atoms with E-state index >= 15 is 0 Å². The Hall–Kier alpha value is -2.64. The second kappa shape index (κ2) is 7.31. The molecule has 0 spiro atoms. The molecule has 1 N–H and O–H groups in total. The molecule has 5 nitrogen and oxygen atoms in total. The zero-order chi connectivity index (χ0) is 18.7. The van der Waals surface area contributed by atoms with Crippen LogP contribution >= 0.6 is 11.6 Å². The van der Waals surface area contributed by atoms with Crippen LogP contribution in [0.1, 0.15) is 5.56 Å². The smallest absolute Gasteiger partial charge is 0.264 e. The summed E-state index contributed by atoms with van der Waals surface area (Å²) in [6.45, 7) is 0.360. The van der Waals surface area contributed by atoms with E-state index in [4.69, 9.17) is 11.6 Å². The quantitative estimate of drug-likeness (QED) is 0.722. The highest BCUT2D eigenvalue weighted by Gasteiger charge is 2.19. The molecule has 3 aromatic rings. The van der Waals surface area contributed by atoms with Gasteiger partial charge in [0.2, 0.25) is 0 Å². The third-order valence-electron chi connectivity index (χ3n) is 3.64. The second-order valence-electron chi connectivity index (χ2n) is 5.54. The molecule has 1 heterocycles. The first-order valence-electron chi connectivity index (χ1n) is 7.57. The van der Waals surface area contributed by atoms with Gasteiger partial charge in [0.25, 0.3) is 15.6 Å². The van der Waals surface area contributed by atoms with Gasteiger partial charge < -0.3 is 4.57 Å². The highest BCUT2D eigenvalue weighted by molar-refractivity contribution is 7.92. The summed E-state index contributed by atoms with van der Waals surface area (Å²) in [5.74, 6) is -0.926. The molecule has 0 unspecified atom stereocenters. The molecule has 0 amide bonds. The molecular weight excluding hydrogens is 379 g/mol. The largest absolute Gasteiger partial charge is 0.311 e. The lowest BCUT2D eigenvalue weighted by Crippen LogP contribution is -2.18. The summed E-state index contributed by atoms with van der Waals surface area (Å²) in [7, 11) is -4.08. The molecule has 26 heavy (non-hydrogen) atoms. The molecule has 0 radical (unpaired) electrons. The number of halogens is 2. The Labute approximate surface area is 154 Å². The Bertz CT molecular complexity index is 1100. The van der Waals surface area contributed by atoms with Gasteiger partial charge >= 0.3 is 0 Å². The van der Waals surface area contributed by atoms with Crippen molar-refractivity contribution in [1.29, 1.82) is 0 Å². The van der Waals surface area contributed by atoms with Crippen LogP contribution in [0.2, 0.25) is 5.02 Å². The van der Waals surface area contributed by atoms with Gasteiger partial charge in [-0.25, -0.2) is 12.8 Å². The number of hydrogen-bond acceptors (Lipinski definition) is 3. The molecule has 0 aliphatic heterocycles. The summed E-state index contributed by atoms with van der Waals surface area (Å²) in [4.78, 5) is 11.2. The fraction of sp³-hybridized carbons (Fsp3) is 0.0556. The van der Waals surface area contributed by atoms with E-state index in [1.165, 1.54) is 16.7 Å². The van der Waals surface area contributed by atoms with E-state index in [0.29, 0.717) is 6.54 Å². The van der Waals surface area contributed by atoms with Gasteiger partial charge in [0.1, 0.15) is 10.7 Å². The molecule has 134 valence electrons. The van der Waals surface area contributed by atoms with Crippen molar-refractivity contribution in [3.8, 4) is 0 Å². The van der Waals surface area contributed by atoms with Crippen molar-refractivity contribution in [3.63, 3.8) is 0 Å². The van der Waals surface area contributed by atoms with E-state index in [1.54, 1.807) is 42.6 Å². The van der Waals surface area contributed by atoms with Crippen molar-refractivity contribution in [1.82, 2.24) is 4.57 Å². The number of hydrogen-bond donors (Lipinski definition) is 1. The molecule has 0 aliphatic rings. The monoisotopic (exact) mass is 392 g/mol. The maximum atomic E-state index is 13.9. The van der Waals surface area contributed by atoms with Gasteiger partial charge in [-0.05, 0) is 42.0 Å². The Kier molecular flexibility index (Phi) is 5.11. The summed E-state index contributed by atoms with van der Waals surface area (Å²) in [5, 5.41) is 0.113. The third-order valence-corrected chi connectivity index (χ3v) is 5.29. The molecule has 0 fully saturated rings. The molecule has 1 aromatic heterocycles. The molecule has 0 saturated heterocycles. The van der Waals surface area contributed by atoms with E-state index in [-0.39, 0.29) is 16.3 Å². The Morgan fingerprint density at radius 2 is 1.77 bits per heavy atom. The predicted octanol–water partition coefficient (Wildman–Crippen LogP) is 3.49. The van der Waals surface area contributed by atoms with E-state index < -0.39 is 20.7 Å². The highest BCUT2D eigenvalue weighted by atomic mass is 35.5. The molecule has 3 rings (SSSR count). The number of pyridine rings is 1. The van der Waals surface area contributed by atoms with Crippen LogP contribution in [0.3, 0.4) is 0 Å². The number of sulfonamides is 1. The maximum Gasteiger partial charge on any atom is 0.264 e. The summed E-state index contributed by atoms with van der Waals surface area (Å²) >= 11 is 5.64. The summed E-state index contributed by atoms with van der Waals surface area (Å²) in [6, 6.07) is 14.7. The third kappa shape index (κ3) is 4.12. The predicted molar refractivity (Wildman–Crippen MR) is 98.5 cm³/mol. The number of nitrogens with one attached hydrogen (secondary N) is 1. The van der Waals surface area contributed by atoms with Gasteiger partial charge in [0.15, 0.2) is 0 Å². The Morgan fingerprint density at radius 1 is 1.04 bits per heavy atom. The zero-order valence-electron chi connectivity index (χ0n) is 13.4. The van der Waals surface area contributed by atoms with Crippen LogP contribution in [0.5, 0.6) is 0 Å². The van der Waals surface area contributed by atoms with Crippen molar-refractivity contribution in [3.05, 3.63) is 93.6 Å². The van der Waals surface area contributed by atoms with Crippen molar-refractivity contribution in [2.75, 3.05) is 4.72 Å². The van der Waals surface area contributed by atoms with Crippen LogP contribution in [-0.2, 0) is 16.6 Å². The second-order valence-corrected chi connectivity index (χ2v) is 7.63. The van der Waals surface area contributed by atoms with E-state index in [0.717, 1.165) is 17.7 Å². The fourth-order valence-corrected chi connectivity index (χ4v) is 3.65. The van der Waals surface area contributed by atoms with Gasteiger partial charge in [-0.2, -0.15) is 0 Å².